The predicted molar refractivity (Wildman–Crippen MR) is 138 cm³/mol. The van der Waals surface area contributed by atoms with E-state index < -0.39 is 11.4 Å². The first-order chi connectivity index (χ1) is 17.3. The predicted octanol–water partition coefficient (Wildman–Crippen LogP) is 4.79. The molecule has 0 bridgehead atoms. The number of nitrogens with one attached hydrogen (secondary N) is 3. The van der Waals surface area contributed by atoms with Crippen molar-refractivity contribution in [2.75, 3.05) is 23.7 Å². The zero-order chi connectivity index (χ0) is 25.2. The van der Waals surface area contributed by atoms with Gasteiger partial charge in [0.05, 0.1) is 33.8 Å². The second kappa shape index (κ2) is 8.03. The molecule has 0 aliphatic carbocycles. The van der Waals surface area contributed by atoms with Crippen LogP contribution >= 0.6 is 11.6 Å². The first kappa shape index (κ1) is 22.5. The first-order valence-electron chi connectivity index (χ1n) is 11.6. The highest BCUT2D eigenvalue weighted by molar-refractivity contribution is 6.35. The summed E-state index contributed by atoms with van der Waals surface area (Å²) in [6.07, 6.45) is 3.53. The van der Waals surface area contributed by atoms with Crippen molar-refractivity contribution in [2.45, 2.75) is 25.3 Å². The number of aromatic amines is 1. The molecule has 10 heteroatoms. The fourth-order valence-electron chi connectivity index (χ4n) is 5.31. The molecule has 1 saturated heterocycles. The number of fused-ring (bicyclic) bond motifs is 4. The second-order valence-corrected chi connectivity index (χ2v) is 9.63. The Morgan fingerprint density at radius 2 is 2.08 bits per heavy atom. The SMILES string of the molecule is C=CC(=O)N1CCC2(CC1)Nc1c(cnc3c(F)c(-c4cccc5[nH]nc(C)c45)c(Cl)cc13)NC2=O. The molecule has 182 valence electrons. The van der Waals surface area contributed by atoms with Gasteiger partial charge in [0.15, 0.2) is 5.82 Å². The molecule has 1 spiro atoms. The van der Waals surface area contributed by atoms with Crippen molar-refractivity contribution in [3.63, 3.8) is 0 Å². The van der Waals surface area contributed by atoms with Crippen LogP contribution < -0.4 is 10.6 Å². The standard InChI is InChI=1S/C26H22ClFN6O2/c1-3-19(35)34-9-7-26(8-10-34)25(36)30-18-12-29-24-15(23(18)31-26)11-16(27)21(22(24)28)14-5-4-6-17-20(14)13(2)32-33-17/h3-6,11-12,31H,1,7-10H2,2H3,(H,30,36)(H,32,33). The van der Waals surface area contributed by atoms with Crippen LogP contribution in [-0.2, 0) is 9.59 Å². The molecule has 0 unspecified atom stereocenters. The van der Waals surface area contributed by atoms with E-state index in [1.807, 2.05) is 25.1 Å². The number of hydrogen-bond acceptors (Lipinski definition) is 5. The highest BCUT2D eigenvalue weighted by Crippen LogP contribution is 2.45. The number of pyridine rings is 1. The molecule has 6 rings (SSSR count). The van der Waals surface area contributed by atoms with Crippen LogP contribution in [0.1, 0.15) is 18.5 Å². The Labute approximate surface area is 210 Å². The van der Waals surface area contributed by atoms with Crippen LogP contribution in [0.4, 0.5) is 15.8 Å². The normalized spacial score (nSPS) is 16.6. The monoisotopic (exact) mass is 504 g/mol. The molecule has 36 heavy (non-hydrogen) atoms. The Bertz CT molecular complexity index is 1610. The van der Waals surface area contributed by atoms with Crippen molar-refractivity contribution in [3.05, 3.63) is 59.7 Å². The number of nitrogens with zero attached hydrogens (tertiary/aromatic N) is 3. The fourth-order valence-corrected chi connectivity index (χ4v) is 5.61. The van der Waals surface area contributed by atoms with Crippen LogP contribution in [0.25, 0.3) is 32.9 Å². The van der Waals surface area contributed by atoms with E-state index in [9.17, 15) is 9.59 Å². The number of carbonyl (C=O) groups excluding carboxylic acids is 2. The number of amides is 2. The molecule has 2 amide bonds. The van der Waals surface area contributed by atoms with Gasteiger partial charge in [-0.2, -0.15) is 5.10 Å². The Balaban J connectivity index is 1.47. The summed E-state index contributed by atoms with van der Waals surface area (Å²) in [7, 11) is 0. The molecular formula is C26H22ClFN6O2. The molecule has 2 aromatic heterocycles. The van der Waals surface area contributed by atoms with Crippen LogP contribution in [0, 0.1) is 12.7 Å². The fraction of sp³-hybridized carbons (Fsp3) is 0.231. The van der Waals surface area contributed by atoms with E-state index >= 15 is 4.39 Å². The van der Waals surface area contributed by atoms with Crippen LogP contribution in [0.2, 0.25) is 5.02 Å². The van der Waals surface area contributed by atoms with E-state index in [1.54, 1.807) is 11.0 Å². The van der Waals surface area contributed by atoms with E-state index in [-0.39, 0.29) is 27.9 Å². The highest BCUT2D eigenvalue weighted by atomic mass is 35.5. The summed E-state index contributed by atoms with van der Waals surface area (Å²) >= 11 is 6.71. The molecular weight excluding hydrogens is 483 g/mol. The summed E-state index contributed by atoms with van der Waals surface area (Å²) in [6, 6.07) is 7.19. The number of hydrogen-bond donors (Lipinski definition) is 3. The number of aromatic nitrogens is 3. The smallest absolute Gasteiger partial charge is 0.250 e. The molecule has 3 N–H and O–H groups in total. The zero-order valence-corrected chi connectivity index (χ0v) is 20.2. The van der Waals surface area contributed by atoms with Crippen molar-refractivity contribution >= 4 is 56.6 Å². The zero-order valence-electron chi connectivity index (χ0n) is 19.4. The van der Waals surface area contributed by atoms with E-state index in [1.165, 1.54) is 12.3 Å². The maximum absolute atomic E-state index is 16.1. The minimum Gasteiger partial charge on any atom is -0.369 e. The third-order valence-electron chi connectivity index (χ3n) is 7.24. The van der Waals surface area contributed by atoms with Crippen LogP contribution in [0.15, 0.2) is 43.1 Å². The van der Waals surface area contributed by atoms with Crippen LogP contribution in [0.3, 0.4) is 0 Å². The molecule has 4 aromatic rings. The number of halogens is 2. The molecule has 8 nitrogen and oxygen atoms in total. The van der Waals surface area contributed by atoms with E-state index in [0.29, 0.717) is 48.3 Å². The Kier molecular flexibility index (Phi) is 5.01. The molecule has 0 atom stereocenters. The lowest BCUT2D eigenvalue weighted by Crippen LogP contribution is -2.59. The van der Waals surface area contributed by atoms with Crippen molar-refractivity contribution in [3.8, 4) is 11.1 Å². The van der Waals surface area contributed by atoms with Gasteiger partial charge < -0.3 is 15.5 Å². The summed E-state index contributed by atoms with van der Waals surface area (Å²) in [6.45, 7) is 6.19. The van der Waals surface area contributed by atoms with Crippen molar-refractivity contribution in [1.82, 2.24) is 20.1 Å². The van der Waals surface area contributed by atoms with Gasteiger partial charge in [0.2, 0.25) is 11.8 Å². The van der Waals surface area contributed by atoms with Gasteiger partial charge in [-0.05, 0) is 43.5 Å². The number of anilines is 2. The maximum atomic E-state index is 16.1. The van der Waals surface area contributed by atoms with Gasteiger partial charge in [-0.1, -0.05) is 30.3 Å². The molecule has 0 saturated carbocycles. The Morgan fingerprint density at radius 1 is 1.31 bits per heavy atom. The minimum absolute atomic E-state index is 0.143. The third-order valence-corrected chi connectivity index (χ3v) is 7.54. The van der Waals surface area contributed by atoms with Crippen LogP contribution in [-0.4, -0.2) is 50.5 Å². The molecule has 4 heterocycles. The van der Waals surface area contributed by atoms with Gasteiger partial charge in [0.1, 0.15) is 11.1 Å². The van der Waals surface area contributed by atoms with E-state index in [4.69, 9.17) is 11.6 Å². The number of aryl methyl sites for hydroxylation is 1. The molecule has 1 fully saturated rings. The topological polar surface area (TPSA) is 103 Å². The summed E-state index contributed by atoms with van der Waals surface area (Å²) in [4.78, 5) is 31.1. The Morgan fingerprint density at radius 3 is 2.83 bits per heavy atom. The Hall–Kier alpha value is -3.98. The molecule has 2 aliphatic rings. The summed E-state index contributed by atoms with van der Waals surface area (Å²) < 4.78 is 16.1. The van der Waals surface area contributed by atoms with Gasteiger partial charge in [-0.15, -0.1) is 0 Å². The van der Waals surface area contributed by atoms with Crippen molar-refractivity contribution in [2.24, 2.45) is 0 Å². The lowest BCUT2D eigenvalue weighted by Gasteiger charge is -2.44. The lowest BCUT2D eigenvalue weighted by atomic mass is 9.84. The number of H-pyrrole nitrogens is 1. The summed E-state index contributed by atoms with van der Waals surface area (Å²) in [5, 5.41) is 15.0. The summed E-state index contributed by atoms with van der Waals surface area (Å²) in [5.41, 5.74) is 2.63. The molecule has 0 radical (unpaired) electrons. The van der Waals surface area contributed by atoms with Crippen molar-refractivity contribution in [1.29, 1.82) is 0 Å². The molecule has 2 aromatic carbocycles. The average molecular weight is 505 g/mol. The van der Waals surface area contributed by atoms with E-state index in [2.05, 4.69) is 32.4 Å². The number of piperidine rings is 1. The van der Waals surface area contributed by atoms with Gasteiger partial charge in [0, 0.05) is 29.4 Å². The average Bonchev–Trinajstić information content (AvgIpc) is 3.26. The second-order valence-electron chi connectivity index (χ2n) is 9.22. The van der Waals surface area contributed by atoms with Crippen LogP contribution in [0.5, 0.6) is 0 Å². The van der Waals surface area contributed by atoms with Gasteiger partial charge in [-0.25, -0.2) is 4.39 Å². The number of rotatable bonds is 2. The first-order valence-corrected chi connectivity index (χ1v) is 12.0. The largest absolute Gasteiger partial charge is 0.369 e. The highest BCUT2D eigenvalue weighted by Gasteiger charge is 2.45. The maximum Gasteiger partial charge on any atom is 0.250 e. The van der Waals surface area contributed by atoms with Gasteiger partial charge in [0.25, 0.3) is 0 Å². The molecule has 2 aliphatic heterocycles. The summed E-state index contributed by atoms with van der Waals surface area (Å²) in [5.74, 6) is -0.917. The van der Waals surface area contributed by atoms with Gasteiger partial charge >= 0.3 is 0 Å². The number of benzene rings is 2. The van der Waals surface area contributed by atoms with Crippen molar-refractivity contribution < 1.29 is 14.0 Å². The number of carbonyl (C=O) groups is 2. The minimum atomic E-state index is -0.930. The third kappa shape index (κ3) is 3.19. The van der Waals surface area contributed by atoms with Gasteiger partial charge in [-0.3, -0.25) is 19.7 Å². The number of likely N-dealkylation sites (tertiary alicyclic amines) is 1. The van der Waals surface area contributed by atoms with E-state index in [0.717, 1.165) is 16.6 Å². The quantitative estimate of drug-likeness (QED) is 0.341. The lowest BCUT2D eigenvalue weighted by molar-refractivity contribution is -0.130.